The zero-order chi connectivity index (χ0) is 18.7. The Hall–Kier alpha value is -2.09. The van der Waals surface area contributed by atoms with E-state index in [4.69, 9.17) is 5.84 Å². The summed E-state index contributed by atoms with van der Waals surface area (Å²) in [4.78, 5) is 12.5. The number of rotatable bonds is 5. The summed E-state index contributed by atoms with van der Waals surface area (Å²) in [5.74, 6) is 6.31. The van der Waals surface area contributed by atoms with Gasteiger partial charge in [0, 0.05) is 6.04 Å². The monoisotopic (exact) mass is 377 g/mol. The van der Waals surface area contributed by atoms with Crippen molar-refractivity contribution < 1.29 is 9.18 Å². The van der Waals surface area contributed by atoms with Crippen LogP contribution in [-0.4, -0.2) is 32.1 Å². The highest BCUT2D eigenvalue weighted by Gasteiger charge is 2.26. The fraction of sp³-hybridized carbons (Fsp3) is 0.500. The number of carbonyl (C=O) groups is 1. The van der Waals surface area contributed by atoms with E-state index in [1.807, 2.05) is 6.92 Å². The van der Waals surface area contributed by atoms with Gasteiger partial charge in [0.25, 0.3) is 0 Å². The molecule has 3 rings (SSSR count). The summed E-state index contributed by atoms with van der Waals surface area (Å²) in [5.41, 5.74) is 0.280. The molecule has 1 heterocycles. The van der Waals surface area contributed by atoms with Crippen LogP contribution < -0.4 is 11.2 Å². The molecule has 8 heteroatoms. The van der Waals surface area contributed by atoms with Gasteiger partial charge in [0.1, 0.15) is 5.82 Å². The Morgan fingerprint density at radius 2 is 2.08 bits per heavy atom. The lowest BCUT2D eigenvalue weighted by Crippen LogP contribution is -2.44. The number of amides is 1. The molecule has 1 saturated carbocycles. The van der Waals surface area contributed by atoms with E-state index >= 15 is 0 Å². The molecule has 140 valence electrons. The smallest absolute Gasteiger partial charge is 0.233 e. The molecule has 1 aliphatic carbocycles. The van der Waals surface area contributed by atoms with Crippen LogP contribution in [-0.2, 0) is 4.79 Å². The molecule has 1 aromatic heterocycles. The van der Waals surface area contributed by atoms with Gasteiger partial charge in [-0.15, -0.1) is 10.2 Å². The highest BCUT2D eigenvalue weighted by molar-refractivity contribution is 8.00. The van der Waals surface area contributed by atoms with Crippen LogP contribution in [0.3, 0.4) is 0 Å². The van der Waals surface area contributed by atoms with Gasteiger partial charge in [-0.05, 0) is 37.8 Å². The van der Waals surface area contributed by atoms with Crippen molar-refractivity contribution in [1.82, 2.24) is 20.2 Å². The van der Waals surface area contributed by atoms with Crippen molar-refractivity contribution in [3.05, 3.63) is 30.1 Å². The summed E-state index contributed by atoms with van der Waals surface area (Å²) in [7, 11) is 0. The molecule has 3 atom stereocenters. The van der Waals surface area contributed by atoms with Crippen LogP contribution in [0.4, 0.5) is 4.39 Å². The third-order valence-corrected chi connectivity index (χ3v) is 5.93. The van der Waals surface area contributed by atoms with E-state index in [9.17, 15) is 9.18 Å². The topological polar surface area (TPSA) is 85.8 Å². The quantitative estimate of drug-likeness (QED) is 0.618. The Labute approximate surface area is 156 Å². The molecule has 26 heavy (non-hydrogen) atoms. The van der Waals surface area contributed by atoms with E-state index in [0.29, 0.717) is 11.1 Å². The lowest BCUT2D eigenvalue weighted by atomic mass is 9.86. The van der Waals surface area contributed by atoms with Gasteiger partial charge >= 0.3 is 0 Å². The molecule has 0 unspecified atom stereocenters. The highest BCUT2D eigenvalue weighted by Crippen LogP contribution is 2.27. The van der Waals surface area contributed by atoms with Crippen LogP contribution in [0.1, 0.15) is 39.5 Å². The van der Waals surface area contributed by atoms with E-state index in [1.165, 1.54) is 28.9 Å². The molecule has 1 fully saturated rings. The highest BCUT2D eigenvalue weighted by atomic mass is 32.2. The average Bonchev–Trinajstić information content (AvgIpc) is 2.98. The second-order valence-electron chi connectivity index (χ2n) is 6.79. The first-order valence-corrected chi connectivity index (χ1v) is 9.77. The number of nitrogen functional groups attached to an aromatic ring is 1. The predicted octanol–water partition coefficient (Wildman–Crippen LogP) is 2.97. The summed E-state index contributed by atoms with van der Waals surface area (Å²) < 4.78 is 15.2. The zero-order valence-corrected chi connectivity index (χ0v) is 15.8. The number of nitrogens with one attached hydrogen (secondary N) is 1. The molecule has 0 spiro atoms. The molecule has 0 bridgehead atoms. The molecule has 1 aromatic carbocycles. The summed E-state index contributed by atoms with van der Waals surface area (Å²) in [6.45, 7) is 3.99. The molecule has 3 N–H and O–H groups in total. The Balaban J connectivity index is 1.67. The van der Waals surface area contributed by atoms with E-state index < -0.39 is 5.82 Å². The normalized spacial score (nSPS) is 21.3. The number of hydrogen-bond acceptors (Lipinski definition) is 5. The van der Waals surface area contributed by atoms with Crippen molar-refractivity contribution in [2.75, 3.05) is 5.84 Å². The number of carbonyl (C=O) groups excluding carboxylic acids is 1. The fourth-order valence-electron chi connectivity index (χ4n) is 3.23. The standard InChI is InChI=1S/C18H24FN5OS/c1-11-7-3-6-10-15(11)21-17(25)12(2)26-18-23-22-16(24(18)20)13-8-4-5-9-14(13)19/h4-5,8-9,11-12,15H,3,6-7,10,20H2,1-2H3,(H,21,25)/t11-,12+,15+/m0/s1. The second-order valence-corrected chi connectivity index (χ2v) is 8.10. The Morgan fingerprint density at radius 1 is 1.35 bits per heavy atom. The van der Waals surface area contributed by atoms with E-state index in [0.717, 1.165) is 19.3 Å². The number of aromatic nitrogens is 3. The molecule has 0 radical (unpaired) electrons. The molecule has 1 aliphatic rings. The van der Waals surface area contributed by atoms with Gasteiger partial charge in [-0.1, -0.05) is 43.7 Å². The maximum Gasteiger partial charge on any atom is 0.233 e. The Bertz CT molecular complexity index is 781. The maximum atomic E-state index is 13.9. The van der Waals surface area contributed by atoms with Crippen molar-refractivity contribution in [3.8, 4) is 11.4 Å². The van der Waals surface area contributed by atoms with Gasteiger partial charge < -0.3 is 11.2 Å². The van der Waals surface area contributed by atoms with Crippen molar-refractivity contribution in [2.24, 2.45) is 5.92 Å². The van der Waals surface area contributed by atoms with Crippen LogP contribution in [0.5, 0.6) is 0 Å². The fourth-order valence-corrected chi connectivity index (χ4v) is 4.01. The third-order valence-electron chi connectivity index (χ3n) is 4.87. The lowest BCUT2D eigenvalue weighted by molar-refractivity contribution is -0.121. The third kappa shape index (κ3) is 4.00. The van der Waals surface area contributed by atoms with Crippen LogP contribution in [0.2, 0.25) is 0 Å². The molecule has 0 aliphatic heterocycles. The number of halogens is 1. The molecular weight excluding hydrogens is 353 g/mol. The van der Waals surface area contributed by atoms with E-state index in [1.54, 1.807) is 18.2 Å². The first-order valence-electron chi connectivity index (χ1n) is 8.89. The SMILES string of the molecule is C[C@@H](Sc1nnc(-c2ccccc2F)n1N)C(=O)N[C@@H]1CCCC[C@@H]1C. The second kappa shape index (κ2) is 8.07. The molecule has 0 saturated heterocycles. The average molecular weight is 377 g/mol. The zero-order valence-electron chi connectivity index (χ0n) is 15.0. The number of nitrogens with zero attached hydrogens (tertiary/aromatic N) is 3. The summed E-state index contributed by atoms with van der Waals surface area (Å²) in [6.07, 6.45) is 4.55. The van der Waals surface area contributed by atoms with Gasteiger partial charge in [-0.3, -0.25) is 4.79 Å². The summed E-state index contributed by atoms with van der Waals surface area (Å²) in [5, 5.41) is 11.1. The Morgan fingerprint density at radius 3 is 2.81 bits per heavy atom. The largest absolute Gasteiger partial charge is 0.352 e. The molecule has 6 nitrogen and oxygen atoms in total. The number of nitrogens with two attached hydrogens (primary N) is 1. The van der Waals surface area contributed by atoms with Crippen molar-refractivity contribution in [3.63, 3.8) is 0 Å². The lowest BCUT2D eigenvalue weighted by Gasteiger charge is -2.30. The summed E-state index contributed by atoms with van der Waals surface area (Å²) in [6, 6.07) is 6.48. The van der Waals surface area contributed by atoms with Crippen LogP contribution in [0.15, 0.2) is 29.4 Å². The van der Waals surface area contributed by atoms with Crippen molar-refractivity contribution in [2.45, 2.75) is 56.0 Å². The minimum Gasteiger partial charge on any atom is -0.352 e. The van der Waals surface area contributed by atoms with Crippen LogP contribution in [0.25, 0.3) is 11.4 Å². The number of thioether (sulfide) groups is 1. The minimum atomic E-state index is -0.416. The predicted molar refractivity (Wildman–Crippen MR) is 100 cm³/mol. The van der Waals surface area contributed by atoms with Gasteiger partial charge in [-0.2, -0.15) is 0 Å². The number of hydrogen-bond donors (Lipinski definition) is 2. The number of benzene rings is 1. The van der Waals surface area contributed by atoms with E-state index in [2.05, 4.69) is 22.4 Å². The van der Waals surface area contributed by atoms with Gasteiger partial charge in [0.05, 0.1) is 10.8 Å². The van der Waals surface area contributed by atoms with Crippen molar-refractivity contribution in [1.29, 1.82) is 0 Å². The molecular formula is C18H24FN5OS. The van der Waals surface area contributed by atoms with E-state index in [-0.39, 0.29) is 28.6 Å². The van der Waals surface area contributed by atoms with Crippen LogP contribution >= 0.6 is 11.8 Å². The van der Waals surface area contributed by atoms with Crippen LogP contribution in [0, 0.1) is 11.7 Å². The van der Waals surface area contributed by atoms with Crippen molar-refractivity contribution >= 4 is 17.7 Å². The van der Waals surface area contributed by atoms with Gasteiger partial charge in [0.15, 0.2) is 5.82 Å². The molecule has 1 amide bonds. The maximum absolute atomic E-state index is 13.9. The first-order chi connectivity index (χ1) is 12.5. The first kappa shape index (κ1) is 18.7. The summed E-state index contributed by atoms with van der Waals surface area (Å²) >= 11 is 1.22. The van der Waals surface area contributed by atoms with Gasteiger partial charge in [-0.25, -0.2) is 9.07 Å². The van der Waals surface area contributed by atoms with Gasteiger partial charge in [0.2, 0.25) is 11.1 Å². The molecule has 2 aromatic rings. The minimum absolute atomic E-state index is 0.0378. The Kier molecular flexibility index (Phi) is 5.80.